The highest BCUT2D eigenvalue weighted by molar-refractivity contribution is 7.89. The van der Waals surface area contributed by atoms with Gasteiger partial charge in [0, 0.05) is 12.6 Å². The Morgan fingerprint density at radius 3 is 2.45 bits per heavy atom. The first kappa shape index (κ1) is 23.0. The van der Waals surface area contributed by atoms with E-state index in [0.29, 0.717) is 10.4 Å². The van der Waals surface area contributed by atoms with Gasteiger partial charge in [-0.2, -0.15) is 13.2 Å². The zero-order valence-corrected chi connectivity index (χ0v) is 18.4. The minimum Gasteiger partial charge on any atom is -0.345 e. The molecule has 1 aliphatic rings. The predicted octanol–water partition coefficient (Wildman–Crippen LogP) is 3.65. The van der Waals surface area contributed by atoms with E-state index in [0.717, 1.165) is 10.6 Å². The first-order chi connectivity index (χ1) is 15.2. The van der Waals surface area contributed by atoms with Crippen LogP contribution >= 0.6 is 0 Å². The van der Waals surface area contributed by atoms with Gasteiger partial charge in [0.25, 0.3) is 0 Å². The summed E-state index contributed by atoms with van der Waals surface area (Å²) in [6, 6.07) is 5.52. The van der Waals surface area contributed by atoms with E-state index in [4.69, 9.17) is 5.41 Å². The number of fused-ring (bicyclic) bond motifs is 1. The number of halogens is 5. The molecule has 33 heavy (non-hydrogen) atoms. The molecular formula is C20H18F5N5O2S. The summed E-state index contributed by atoms with van der Waals surface area (Å²) in [6.45, 7) is 2.72. The van der Waals surface area contributed by atoms with Crippen LogP contribution in [0.5, 0.6) is 0 Å². The Morgan fingerprint density at radius 1 is 1.18 bits per heavy atom. The highest BCUT2D eigenvalue weighted by atomic mass is 32.2. The van der Waals surface area contributed by atoms with E-state index >= 15 is 4.39 Å². The maximum atomic E-state index is 15.8. The van der Waals surface area contributed by atoms with Crippen LogP contribution in [-0.4, -0.2) is 41.0 Å². The van der Waals surface area contributed by atoms with Crippen molar-refractivity contribution in [1.82, 2.24) is 19.2 Å². The monoisotopic (exact) mass is 487 g/mol. The molecule has 2 aromatic carbocycles. The summed E-state index contributed by atoms with van der Waals surface area (Å²) in [5.74, 6) is -3.68. The quantitative estimate of drug-likeness (QED) is 0.540. The molecule has 4 rings (SSSR count). The Labute approximate surface area is 185 Å². The molecule has 1 fully saturated rings. The van der Waals surface area contributed by atoms with Crippen molar-refractivity contribution in [3.8, 4) is 5.69 Å². The second-order valence-electron chi connectivity index (χ2n) is 7.95. The first-order valence-electron chi connectivity index (χ1n) is 9.55. The summed E-state index contributed by atoms with van der Waals surface area (Å²) in [5.41, 5.74) is -4.57. The number of aromatic nitrogens is 2. The molecule has 0 bridgehead atoms. The van der Waals surface area contributed by atoms with Crippen LogP contribution in [0.4, 0.5) is 22.0 Å². The van der Waals surface area contributed by atoms with E-state index in [1.807, 2.05) is 0 Å². The molecule has 13 heteroatoms. The van der Waals surface area contributed by atoms with Crippen molar-refractivity contribution in [3.63, 3.8) is 0 Å². The van der Waals surface area contributed by atoms with Crippen LogP contribution < -0.4 is 5.32 Å². The maximum Gasteiger partial charge on any atom is 0.421 e. The Hall–Kier alpha value is -3.22. The Kier molecular flexibility index (Phi) is 4.97. The molecule has 0 radical (unpaired) electrons. The molecule has 1 aromatic heterocycles. The highest BCUT2D eigenvalue weighted by Gasteiger charge is 2.44. The lowest BCUT2D eigenvalue weighted by Crippen LogP contribution is -2.61. The molecule has 1 saturated heterocycles. The van der Waals surface area contributed by atoms with E-state index in [-0.39, 0.29) is 22.6 Å². The van der Waals surface area contributed by atoms with Gasteiger partial charge in [-0.05, 0) is 32.0 Å². The molecule has 176 valence electrons. The standard InChI is InChI=1S/C20H18F5N5O2S/c1-10-27-13-8-7-12(21)15(20(23,24)25)17(13)30(10)14-6-4-5-11(16(14)22)19(2)9-33(31,32)29(3)18(26)28-19/h4-8H,9H2,1-3H3,(H2,26,28)/t19-/m0/s1. The van der Waals surface area contributed by atoms with E-state index in [1.165, 1.54) is 39.1 Å². The molecule has 0 aliphatic carbocycles. The summed E-state index contributed by atoms with van der Waals surface area (Å²) >= 11 is 0. The number of benzene rings is 2. The van der Waals surface area contributed by atoms with Gasteiger partial charge in [-0.15, -0.1) is 0 Å². The molecule has 2 N–H and O–H groups in total. The number of hydrogen-bond donors (Lipinski definition) is 2. The topological polar surface area (TPSA) is 91.1 Å². The summed E-state index contributed by atoms with van der Waals surface area (Å²) in [4.78, 5) is 4.03. The molecule has 0 spiro atoms. The number of sulfonamides is 1. The number of nitrogens with zero attached hydrogens (tertiary/aromatic N) is 3. The zero-order valence-electron chi connectivity index (χ0n) is 17.6. The predicted molar refractivity (Wildman–Crippen MR) is 110 cm³/mol. The van der Waals surface area contributed by atoms with Gasteiger partial charge in [0.1, 0.15) is 17.2 Å². The van der Waals surface area contributed by atoms with Gasteiger partial charge >= 0.3 is 6.18 Å². The van der Waals surface area contributed by atoms with Crippen LogP contribution in [0.1, 0.15) is 23.9 Å². The lowest BCUT2D eigenvalue weighted by molar-refractivity contribution is -0.138. The van der Waals surface area contributed by atoms with Crippen molar-refractivity contribution in [2.45, 2.75) is 25.6 Å². The Balaban J connectivity index is 1.99. The van der Waals surface area contributed by atoms with E-state index in [9.17, 15) is 26.0 Å². The van der Waals surface area contributed by atoms with E-state index < -0.39 is 56.2 Å². The molecule has 1 atom stereocenters. The summed E-state index contributed by atoms with van der Waals surface area (Å²) in [5, 5.41) is 10.6. The van der Waals surface area contributed by atoms with E-state index in [2.05, 4.69) is 10.3 Å². The average Bonchev–Trinajstić information content (AvgIpc) is 3.00. The van der Waals surface area contributed by atoms with Crippen LogP contribution in [0.15, 0.2) is 30.3 Å². The molecule has 7 nitrogen and oxygen atoms in total. The fourth-order valence-corrected chi connectivity index (χ4v) is 5.54. The molecule has 0 unspecified atom stereocenters. The largest absolute Gasteiger partial charge is 0.421 e. The number of guanidine groups is 1. The van der Waals surface area contributed by atoms with Gasteiger partial charge in [-0.1, -0.05) is 12.1 Å². The Morgan fingerprint density at radius 2 is 1.85 bits per heavy atom. The highest BCUT2D eigenvalue weighted by Crippen LogP contribution is 2.39. The minimum atomic E-state index is -5.08. The maximum absolute atomic E-state index is 15.8. The Bertz CT molecular complexity index is 1420. The van der Waals surface area contributed by atoms with Crippen molar-refractivity contribution in [2.24, 2.45) is 0 Å². The molecule has 3 aromatic rings. The number of rotatable bonds is 2. The average molecular weight is 487 g/mol. The van der Waals surface area contributed by atoms with Crippen molar-refractivity contribution < 1.29 is 30.4 Å². The SMILES string of the molecule is Cc1nc2ccc(F)c(C(F)(F)F)c2n1-c1cccc([C@]2(C)CS(=O)(=O)N(C)C(=N)N2)c1F. The third-order valence-electron chi connectivity index (χ3n) is 5.63. The summed E-state index contributed by atoms with van der Waals surface area (Å²) in [7, 11) is -2.79. The third-order valence-corrected chi connectivity index (χ3v) is 7.59. The zero-order chi connectivity index (χ0) is 24.5. The third kappa shape index (κ3) is 3.50. The number of hydrogen-bond acceptors (Lipinski definition) is 4. The van der Waals surface area contributed by atoms with Gasteiger partial charge in [0.15, 0.2) is 5.82 Å². The first-order valence-corrected chi connectivity index (χ1v) is 11.2. The lowest BCUT2D eigenvalue weighted by Gasteiger charge is -2.40. The van der Waals surface area contributed by atoms with Crippen molar-refractivity contribution in [3.05, 3.63) is 58.9 Å². The van der Waals surface area contributed by atoms with Crippen LogP contribution in [0.3, 0.4) is 0 Å². The summed E-state index contributed by atoms with van der Waals surface area (Å²) < 4.78 is 97.7. The van der Waals surface area contributed by atoms with Gasteiger partial charge in [-0.25, -0.2) is 26.5 Å². The minimum absolute atomic E-state index is 0.0287. The van der Waals surface area contributed by atoms with Crippen LogP contribution in [-0.2, 0) is 21.7 Å². The number of aryl methyl sites for hydroxylation is 1. The molecular weight excluding hydrogens is 469 g/mol. The lowest BCUT2D eigenvalue weighted by atomic mass is 9.92. The molecule has 2 heterocycles. The van der Waals surface area contributed by atoms with Crippen LogP contribution in [0, 0.1) is 24.0 Å². The van der Waals surface area contributed by atoms with Gasteiger partial charge in [0.2, 0.25) is 16.0 Å². The second kappa shape index (κ2) is 7.14. The van der Waals surface area contributed by atoms with Crippen molar-refractivity contribution in [1.29, 1.82) is 5.41 Å². The van der Waals surface area contributed by atoms with Gasteiger partial charge in [0.05, 0.1) is 28.0 Å². The van der Waals surface area contributed by atoms with Crippen molar-refractivity contribution >= 4 is 27.0 Å². The number of nitrogens with one attached hydrogen (secondary N) is 2. The van der Waals surface area contributed by atoms with Crippen LogP contribution in [0.2, 0.25) is 0 Å². The fraction of sp³-hybridized carbons (Fsp3) is 0.300. The summed E-state index contributed by atoms with van der Waals surface area (Å²) in [6.07, 6.45) is -5.08. The van der Waals surface area contributed by atoms with Gasteiger partial charge in [-0.3, -0.25) is 9.98 Å². The van der Waals surface area contributed by atoms with E-state index in [1.54, 1.807) is 0 Å². The van der Waals surface area contributed by atoms with Crippen molar-refractivity contribution in [2.75, 3.05) is 12.8 Å². The number of imidazole rings is 1. The van der Waals surface area contributed by atoms with Gasteiger partial charge < -0.3 is 5.32 Å². The normalized spacial score (nSPS) is 20.8. The smallest absolute Gasteiger partial charge is 0.345 e. The van der Waals surface area contributed by atoms with Crippen LogP contribution in [0.25, 0.3) is 16.7 Å². The number of alkyl halides is 3. The molecule has 0 amide bonds. The molecule has 0 saturated carbocycles. The second-order valence-corrected chi connectivity index (χ2v) is 9.95. The molecule has 1 aliphatic heterocycles. The fourth-order valence-electron chi connectivity index (χ4n) is 4.06.